The van der Waals surface area contributed by atoms with Crippen LogP contribution in [-0.2, 0) is 0 Å². The maximum absolute atomic E-state index is 10.8. The number of hydrogen-bond acceptors (Lipinski definition) is 6. The maximum Gasteiger partial charge on any atom is 0.269 e. The molecule has 7 nitrogen and oxygen atoms in total. The predicted octanol–water partition coefficient (Wildman–Crippen LogP) is 4.15. The largest absolute Gasteiger partial charge is 0.382 e. The molecule has 4 rings (SSSR count). The van der Waals surface area contributed by atoms with Crippen molar-refractivity contribution < 1.29 is 4.92 Å². The SMILES string of the molecule is Nc1nn(-c2ccccc2)cc1-c1nc(-c2ccc([N+](=O)[O-])cc2)cs1. The van der Waals surface area contributed by atoms with E-state index in [0.717, 1.165) is 27.5 Å². The first-order chi connectivity index (χ1) is 12.6. The van der Waals surface area contributed by atoms with Gasteiger partial charge in [0.1, 0.15) is 5.01 Å². The lowest BCUT2D eigenvalue weighted by Crippen LogP contribution is -1.95. The third-order valence-electron chi connectivity index (χ3n) is 3.87. The third kappa shape index (κ3) is 2.93. The second-order valence-corrected chi connectivity index (χ2v) is 6.41. The fourth-order valence-electron chi connectivity index (χ4n) is 2.55. The summed E-state index contributed by atoms with van der Waals surface area (Å²) in [6.45, 7) is 0. The monoisotopic (exact) mass is 363 g/mol. The van der Waals surface area contributed by atoms with Crippen LogP contribution in [0.3, 0.4) is 0 Å². The average Bonchev–Trinajstić information content (AvgIpc) is 3.29. The van der Waals surface area contributed by atoms with Crippen LogP contribution in [0.5, 0.6) is 0 Å². The van der Waals surface area contributed by atoms with E-state index < -0.39 is 4.92 Å². The van der Waals surface area contributed by atoms with Crippen LogP contribution < -0.4 is 5.73 Å². The number of rotatable bonds is 4. The fourth-order valence-corrected chi connectivity index (χ4v) is 3.40. The molecule has 128 valence electrons. The van der Waals surface area contributed by atoms with Gasteiger partial charge in [0.05, 0.1) is 21.9 Å². The fraction of sp³-hybridized carbons (Fsp3) is 0. The molecule has 0 aliphatic carbocycles. The Morgan fingerprint density at radius 3 is 2.50 bits per heavy atom. The molecule has 0 amide bonds. The lowest BCUT2D eigenvalue weighted by atomic mass is 10.1. The van der Waals surface area contributed by atoms with E-state index in [1.807, 2.05) is 41.9 Å². The highest BCUT2D eigenvalue weighted by molar-refractivity contribution is 7.13. The van der Waals surface area contributed by atoms with Crippen molar-refractivity contribution in [3.63, 3.8) is 0 Å². The van der Waals surface area contributed by atoms with E-state index in [1.54, 1.807) is 16.8 Å². The Morgan fingerprint density at radius 1 is 1.08 bits per heavy atom. The Balaban J connectivity index is 1.66. The molecule has 2 aromatic heterocycles. The van der Waals surface area contributed by atoms with Gasteiger partial charge in [-0.25, -0.2) is 9.67 Å². The van der Waals surface area contributed by atoms with Gasteiger partial charge in [0.15, 0.2) is 5.82 Å². The highest BCUT2D eigenvalue weighted by Crippen LogP contribution is 2.32. The number of non-ortho nitro benzene ring substituents is 1. The van der Waals surface area contributed by atoms with Crippen molar-refractivity contribution in [2.45, 2.75) is 0 Å². The molecule has 0 radical (unpaired) electrons. The van der Waals surface area contributed by atoms with Gasteiger partial charge in [0, 0.05) is 29.3 Å². The van der Waals surface area contributed by atoms with Gasteiger partial charge in [-0.3, -0.25) is 10.1 Å². The molecule has 2 aromatic carbocycles. The van der Waals surface area contributed by atoms with E-state index in [9.17, 15) is 10.1 Å². The molecule has 2 N–H and O–H groups in total. The molecule has 2 heterocycles. The van der Waals surface area contributed by atoms with Gasteiger partial charge in [-0.2, -0.15) is 0 Å². The summed E-state index contributed by atoms with van der Waals surface area (Å²) in [6.07, 6.45) is 1.85. The summed E-state index contributed by atoms with van der Waals surface area (Å²) in [5.41, 5.74) is 9.35. The predicted molar refractivity (Wildman–Crippen MR) is 101 cm³/mol. The van der Waals surface area contributed by atoms with Crippen LogP contribution in [-0.4, -0.2) is 19.7 Å². The van der Waals surface area contributed by atoms with Crippen molar-refractivity contribution in [1.82, 2.24) is 14.8 Å². The minimum Gasteiger partial charge on any atom is -0.382 e. The number of anilines is 1. The van der Waals surface area contributed by atoms with Crippen LogP contribution in [0, 0.1) is 10.1 Å². The van der Waals surface area contributed by atoms with Crippen LogP contribution in [0.1, 0.15) is 0 Å². The van der Waals surface area contributed by atoms with Crippen LogP contribution >= 0.6 is 11.3 Å². The smallest absolute Gasteiger partial charge is 0.269 e. The molecular formula is C18H13N5O2S. The van der Waals surface area contributed by atoms with Gasteiger partial charge < -0.3 is 5.73 Å². The van der Waals surface area contributed by atoms with Gasteiger partial charge in [0.25, 0.3) is 5.69 Å². The Hall–Kier alpha value is -3.52. The quantitative estimate of drug-likeness (QED) is 0.433. The normalized spacial score (nSPS) is 10.8. The molecule has 8 heteroatoms. The number of nitrogen functional groups attached to an aromatic ring is 1. The highest BCUT2D eigenvalue weighted by Gasteiger charge is 2.14. The summed E-state index contributed by atoms with van der Waals surface area (Å²) in [4.78, 5) is 15.0. The first kappa shape index (κ1) is 16.0. The molecule has 0 atom stereocenters. The standard InChI is InChI=1S/C18H13N5O2S/c19-17-15(10-22(21-17)13-4-2-1-3-5-13)18-20-16(11-26-18)12-6-8-14(9-7-12)23(24)25/h1-11H,(H2,19,21). The second-order valence-electron chi connectivity index (χ2n) is 5.55. The van der Waals surface area contributed by atoms with E-state index in [2.05, 4.69) is 10.1 Å². The molecule has 26 heavy (non-hydrogen) atoms. The lowest BCUT2D eigenvalue weighted by Gasteiger charge is -1.98. The first-order valence-corrected chi connectivity index (χ1v) is 8.61. The van der Waals surface area contributed by atoms with Gasteiger partial charge in [-0.1, -0.05) is 18.2 Å². The molecule has 0 aliphatic rings. The summed E-state index contributed by atoms with van der Waals surface area (Å²) < 4.78 is 1.72. The van der Waals surface area contributed by atoms with Crippen LogP contribution in [0.25, 0.3) is 27.5 Å². The second kappa shape index (κ2) is 6.41. The number of aromatic nitrogens is 3. The maximum atomic E-state index is 10.8. The van der Waals surface area contributed by atoms with Crippen molar-refractivity contribution in [3.05, 3.63) is 76.3 Å². The number of benzene rings is 2. The zero-order valence-electron chi connectivity index (χ0n) is 13.4. The molecule has 0 saturated carbocycles. The highest BCUT2D eigenvalue weighted by atomic mass is 32.1. The Labute approximate surface area is 152 Å². The molecule has 0 aliphatic heterocycles. The molecule has 4 aromatic rings. The van der Waals surface area contributed by atoms with Gasteiger partial charge in [-0.15, -0.1) is 16.4 Å². The Kier molecular flexibility index (Phi) is 3.94. The van der Waals surface area contributed by atoms with E-state index >= 15 is 0 Å². The van der Waals surface area contributed by atoms with E-state index in [0.29, 0.717) is 5.82 Å². The molecule has 0 fully saturated rings. The number of nitro benzene ring substituents is 1. The molecule has 0 spiro atoms. The minimum atomic E-state index is -0.422. The molecule has 0 saturated heterocycles. The van der Waals surface area contributed by atoms with Gasteiger partial charge in [0.2, 0.25) is 0 Å². The van der Waals surface area contributed by atoms with Crippen molar-refractivity contribution in [2.24, 2.45) is 0 Å². The average molecular weight is 363 g/mol. The minimum absolute atomic E-state index is 0.0533. The molecule has 0 unspecified atom stereocenters. The number of thiazole rings is 1. The molecular weight excluding hydrogens is 350 g/mol. The van der Waals surface area contributed by atoms with E-state index in [4.69, 9.17) is 5.73 Å². The summed E-state index contributed by atoms with van der Waals surface area (Å²) >= 11 is 1.45. The zero-order chi connectivity index (χ0) is 18.1. The van der Waals surface area contributed by atoms with Crippen LogP contribution in [0.4, 0.5) is 11.5 Å². The first-order valence-electron chi connectivity index (χ1n) is 7.73. The summed E-state index contributed by atoms with van der Waals surface area (Å²) in [6, 6.07) is 16.0. The van der Waals surface area contributed by atoms with Crippen LogP contribution in [0.15, 0.2) is 66.2 Å². The van der Waals surface area contributed by atoms with Crippen molar-refractivity contribution in [3.8, 4) is 27.5 Å². The Bertz CT molecular complexity index is 1070. The zero-order valence-corrected chi connectivity index (χ0v) is 14.3. The number of para-hydroxylation sites is 1. The lowest BCUT2D eigenvalue weighted by molar-refractivity contribution is -0.384. The molecule has 0 bridgehead atoms. The third-order valence-corrected chi connectivity index (χ3v) is 4.75. The van der Waals surface area contributed by atoms with E-state index in [-0.39, 0.29) is 5.69 Å². The Morgan fingerprint density at radius 2 is 1.81 bits per heavy atom. The van der Waals surface area contributed by atoms with Gasteiger partial charge >= 0.3 is 0 Å². The summed E-state index contributed by atoms with van der Waals surface area (Å²) in [7, 11) is 0. The number of nitrogens with two attached hydrogens (primary N) is 1. The topological polar surface area (TPSA) is 99.9 Å². The van der Waals surface area contributed by atoms with Gasteiger partial charge in [-0.05, 0) is 24.3 Å². The van der Waals surface area contributed by atoms with Crippen molar-refractivity contribution >= 4 is 22.8 Å². The van der Waals surface area contributed by atoms with Crippen LogP contribution in [0.2, 0.25) is 0 Å². The van der Waals surface area contributed by atoms with Crippen molar-refractivity contribution in [1.29, 1.82) is 0 Å². The van der Waals surface area contributed by atoms with Crippen molar-refractivity contribution in [2.75, 3.05) is 5.73 Å². The number of nitro groups is 1. The number of hydrogen-bond donors (Lipinski definition) is 1. The number of nitrogens with zero attached hydrogens (tertiary/aromatic N) is 4. The van der Waals surface area contributed by atoms with E-state index in [1.165, 1.54) is 23.5 Å². The summed E-state index contributed by atoms with van der Waals surface area (Å²) in [5.74, 6) is 0.401. The summed E-state index contributed by atoms with van der Waals surface area (Å²) in [5, 5.41) is 17.8.